The van der Waals surface area contributed by atoms with Gasteiger partial charge in [-0.3, -0.25) is 13.9 Å². The lowest BCUT2D eigenvalue weighted by Gasteiger charge is -2.34. The molecule has 0 aliphatic heterocycles. The summed E-state index contributed by atoms with van der Waals surface area (Å²) in [5, 5.41) is 3.23. The van der Waals surface area contributed by atoms with Gasteiger partial charge in [0.05, 0.1) is 10.6 Å². The van der Waals surface area contributed by atoms with Crippen LogP contribution in [0.2, 0.25) is 0 Å². The Labute approximate surface area is 279 Å². The van der Waals surface area contributed by atoms with Crippen molar-refractivity contribution in [3.8, 4) is 0 Å². The predicted octanol–water partition coefficient (Wildman–Crippen LogP) is 6.81. The van der Waals surface area contributed by atoms with Crippen molar-refractivity contribution in [1.82, 2.24) is 10.2 Å². The van der Waals surface area contributed by atoms with Gasteiger partial charge in [0.25, 0.3) is 10.0 Å². The minimum absolute atomic E-state index is 0.0605. The smallest absolute Gasteiger partial charge is 0.264 e. The molecule has 2 amide bonds. The summed E-state index contributed by atoms with van der Waals surface area (Å²) in [5.74, 6) is -0.675. The maximum absolute atomic E-state index is 14.7. The van der Waals surface area contributed by atoms with Crippen molar-refractivity contribution in [2.75, 3.05) is 10.8 Å². The molecule has 1 N–H and O–H groups in total. The molecule has 0 bridgehead atoms. The lowest BCUT2D eigenvalue weighted by atomic mass is 10.0. The van der Waals surface area contributed by atoms with Crippen molar-refractivity contribution in [3.05, 3.63) is 130 Å². The maximum atomic E-state index is 14.7. The van der Waals surface area contributed by atoms with E-state index in [1.165, 1.54) is 4.31 Å². The maximum Gasteiger partial charge on any atom is 0.264 e. The van der Waals surface area contributed by atoms with E-state index in [2.05, 4.69) is 5.32 Å². The van der Waals surface area contributed by atoms with E-state index in [4.69, 9.17) is 0 Å². The Kier molecular flexibility index (Phi) is 10.8. The minimum atomic E-state index is -4.15. The molecule has 0 heterocycles. The lowest BCUT2D eigenvalue weighted by Crippen LogP contribution is -2.54. The van der Waals surface area contributed by atoms with Gasteiger partial charge in [0.2, 0.25) is 11.8 Å². The van der Waals surface area contributed by atoms with Gasteiger partial charge in [0, 0.05) is 19.0 Å². The van der Waals surface area contributed by atoms with Gasteiger partial charge in [-0.25, -0.2) is 8.42 Å². The normalized spacial score (nSPS) is 14.0. The standard InChI is InChI=1S/C39H45N3O4S/c1-28-17-20-35(21-18-28)47(45,46)42(36-22-19-30(3)23-31(36)4)27-38(43)41(26-33-14-10-11-29(2)24-33)37(25-32-12-6-5-7-13-32)39(44)40-34-15-8-9-16-34/h5-7,10-14,17-24,34,37H,8-9,15-16,25-27H2,1-4H3,(H,40,44)/t37-/m0/s1. The molecule has 4 aromatic rings. The molecule has 1 saturated carbocycles. The third kappa shape index (κ3) is 8.49. The molecule has 1 atom stereocenters. The molecule has 8 heteroatoms. The molecule has 1 aliphatic rings. The van der Waals surface area contributed by atoms with E-state index in [1.807, 2.05) is 94.4 Å². The van der Waals surface area contributed by atoms with Crippen molar-refractivity contribution in [2.45, 2.75) is 83.3 Å². The summed E-state index contributed by atoms with van der Waals surface area (Å²) in [4.78, 5) is 30.6. The van der Waals surface area contributed by atoms with Crippen molar-refractivity contribution in [3.63, 3.8) is 0 Å². The van der Waals surface area contributed by atoms with Crippen LogP contribution in [0.3, 0.4) is 0 Å². The van der Waals surface area contributed by atoms with Crippen LogP contribution in [0.25, 0.3) is 0 Å². The van der Waals surface area contributed by atoms with Crippen molar-refractivity contribution in [1.29, 1.82) is 0 Å². The quantitative estimate of drug-likeness (QED) is 0.182. The van der Waals surface area contributed by atoms with Gasteiger partial charge in [-0.15, -0.1) is 0 Å². The van der Waals surface area contributed by atoms with Gasteiger partial charge in [-0.1, -0.05) is 108 Å². The number of sulfonamides is 1. The van der Waals surface area contributed by atoms with E-state index in [-0.39, 0.29) is 23.4 Å². The van der Waals surface area contributed by atoms with Gasteiger partial charge in [0.15, 0.2) is 0 Å². The van der Waals surface area contributed by atoms with E-state index in [9.17, 15) is 18.0 Å². The molecule has 246 valence electrons. The van der Waals surface area contributed by atoms with Crippen LogP contribution >= 0.6 is 0 Å². The highest BCUT2D eigenvalue weighted by Crippen LogP contribution is 2.29. The SMILES string of the molecule is Cc1ccc(S(=O)(=O)N(CC(=O)N(Cc2cccc(C)c2)[C@@H](Cc2ccccc2)C(=O)NC2CCCC2)c2ccc(C)cc2C)cc1. The highest BCUT2D eigenvalue weighted by atomic mass is 32.2. The number of carbonyl (C=O) groups is 2. The van der Waals surface area contributed by atoms with Crippen LogP contribution in [-0.2, 0) is 32.6 Å². The van der Waals surface area contributed by atoms with Gasteiger partial charge in [-0.05, 0) is 75.4 Å². The molecule has 0 saturated heterocycles. The highest BCUT2D eigenvalue weighted by molar-refractivity contribution is 7.92. The monoisotopic (exact) mass is 651 g/mol. The summed E-state index contributed by atoms with van der Waals surface area (Å²) in [6, 6.07) is 28.9. The molecule has 47 heavy (non-hydrogen) atoms. The number of benzene rings is 4. The summed E-state index contributed by atoms with van der Waals surface area (Å²) in [6.07, 6.45) is 4.23. The first-order valence-corrected chi connectivity index (χ1v) is 17.8. The van der Waals surface area contributed by atoms with E-state index in [1.54, 1.807) is 35.2 Å². The number of carbonyl (C=O) groups excluding carboxylic acids is 2. The van der Waals surface area contributed by atoms with E-state index in [0.29, 0.717) is 12.1 Å². The summed E-state index contributed by atoms with van der Waals surface area (Å²) in [7, 11) is -4.15. The number of hydrogen-bond donors (Lipinski definition) is 1. The molecular formula is C39H45N3O4S. The van der Waals surface area contributed by atoms with Crippen molar-refractivity contribution >= 4 is 27.5 Å². The average molecular weight is 652 g/mol. The summed E-state index contributed by atoms with van der Waals surface area (Å²) in [6.45, 7) is 7.37. The van der Waals surface area contributed by atoms with Gasteiger partial charge in [-0.2, -0.15) is 0 Å². The fraction of sp³-hybridized carbons (Fsp3) is 0.333. The van der Waals surface area contributed by atoms with E-state index in [0.717, 1.165) is 59.1 Å². The number of aryl methyl sites for hydroxylation is 4. The Morgan fingerprint density at radius 3 is 2.06 bits per heavy atom. The third-order valence-electron chi connectivity index (χ3n) is 8.92. The zero-order valence-electron chi connectivity index (χ0n) is 27.8. The topological polar surface area (TPSA) is 86.8 Å². The predicted molar refractivity (Wildman–Crippen MR) is 188 cm³/mol. The van der Waals surface area contributed by atoms with Crippen LogP contribution in [-0.4, -0.2) is 43.8 Å². The summed E-state index contributed by atoms with van der Waals surface area (Å²) in [5.41, 5.74) is 5.89. The van der Waals surface area contributed by atoms with Crippen LogP contribution < -0.4 is 9.62 Å². The second-order valence-electron chi connectivity index (χ2n) is 12.8. The van der Waals surface area contributed by atoms with Crippen molar-refractivity contribution in [2.24, 2.45) is 0 Å². The molecule has 7 nitrogen and oxygen atoms in total. The van der Waals surface area contributed by atoms with Crippen LogP contribution in [0, 0.1) is 27.7 Å². The molecule has 0 spiro atoms. The Bertz CT molecular complexity index is 1800. The Hall–Kier alpha value is -4.43. The first kappa shape index (κ1) is 33.9. The van der Waals surface area contributed by atoms with Crippen LogP contribution in [0.15, 0.2) is 102 Å². The summed E-state index contributed by atoms with van der Waals surface area (Å²) >= 11 is 0. The first-order chi connectivity index (χ1) is 22.5. The van der Waals surface area contributed by atoms with Gasteiger partial charge in [0.1, 0.15) is 12.6 Å². The number of rotatable bonds is 12. The van der Waals surface area contributed by atoms with Crippen LogP contribution in [0.1, 0.15) is 59.1 Å². The van der Waals surface area contributed by atoms with Gasteiger partial charge < -0.3 is 10.2 Å². The largest absolute Gasteiger partial charge is 0.352 e. The minimum Gasteiger partial charge on any atom is -0.352 e. The number of hydrogen-bond acceptors (Lipinski definition) is 4. The number of nitrogens with zero attached hydrogens (tertiary/aromatic N) is 2. The van der Waals surface area contributed by atoms with E-state index >= 15 is 0 Å². The van der Waals surface area contributed by atoms with Gasteiger partial charge >= 0.3 is 0 Å². The highest BCUT2D eigenvalue weighted by Gasteiger charge is 2.36. The zero-order chi connectivity index (χ0) is 33.6. The Balaban J connectivity index is 1.58. The van der Waals surface area contributed by atoms with E-state index < -0.39 is 28.5 Å². The zero-order valence-corrected chi connectivity index (χ0v) is 28.6. The molecule has 0 aromatic heterocycles. The third-order valence-corrected chi connectivity index (χ3v) is 10.7. The first-order valence-electron chi connectivity index (χ1n) is 16.4. The lowest BCUT2D eigenvalue weighted by molar-refractivity contribution is -0.140. The number of amides is 2. The fourth-order valence-electron chi connectivity index (χ4n) is 6.36. The molecular weight excluding hydrogens is 607 g/mol. The molecule has 4 aromatic carbocycles. The second-order valence-corrected chi connectivity index (χ2v) is 14.7. The Morgan fingerprint density at radius 2 is 1.40 bits per heavy atom. The summed E-state index contributed by atoms with van der Waals surface area (Å²) < 4.78 is 29.9. The molecule has 0 unspecified atom stereocenters. The molecule has 1 aliphatic carbocycles. The van der Waals surface area contributed by atoms with Crippen LogP contribution in [0.4, 0.5) is 5.69 Å². The Morgan fingerprint density at radius 1 is 0.766 bits per heavy atom. The molecule has 5 rings (SSSR count). The number of anilines is 1. The second kappa shape index (κ2) is 15.0. The fourth-order valence-corrected chi connectivity index (χ4v) is 7.84. The number of nitrogens with one attached hydrogen (secondary N) is 1. The van der Waals surface area contributed by atoms with Crippen LogP contribution in [0.5, 0.6) is 0 Å². The average Bonchev–Trinajstić information content (AvgIpc) is 3.55. The molecule has 1 fully saturated rings. The van der Waals surface area contributed by atoms with Crippen molar-refractivity contribution < 1.29 is 18.0 Å². The molecule has 0 radical (unpaired) electrons.